The number of methoxy groups -OCH3 is 1. The Morgan fingerprint density at radius 2 is 1.76 bits per heavy atom. The average Bonchev–Trinajstić information content (AvgIpc) is 3.57. The van der Waals surface area contributed by atoms with Crippen molar-refractivity contribution in [1.82, 2.24) is 25.4 Å². The van der Waals surface area contributed by atoms with Gasteiger partial charge in [-0.3, -0.25) is 39.6 Å². The Bertz CT molecular complexity index is 3000. The van der Waals surface area contributed by atoms with Gasteiger partial charge in [0, 0.05) is 89.5 Å². The molecule has 0 unspecified atom stereocenters. The van der Waals surface area contributed by atoms with Crippen LogP contribution in [0.15, 0.2) is 66.9 Å². The van der Waals surface area contributed by atoms with Gasteiger partial charge in [0.25, 0.3) is 11.8 Å². The summed E-state index contributed by atoms with van der Waals surface area (Å²) >= 11 is 6.41. The van der Waals surface area contributed by atoms with Crippen LogP contribution in [0.2, 0.25) is 5.02 Å². The molecule has 6 heterocycles. The van der Waals surface area contributed by atoms with Gasteiger partial charge in [0.05, 0.1) is 23.9 Å². The number of anilines is 2. The number of carbonyl (C=O) groups excluding carboxylic acids is 5. The standard InChI is InChI=1S/C53H50ClF4N7O6/c1-71-40-23-30(48(69)64-21-19-50(20-22-64)25-31(50)13-11-29-7-5-8-32-34(29)27-65(49(32)70)39-15-16-42(66)62-46(39)67)12-14-37(40)61-47(68)45-43(33-9-6-10-36(54)44(33)55)52(51(63-45)17-3-2-4-18-51)28-60-38-24-41(53(56,57)58)59-26-35(38)52/h5-10,12,14,23-24,26,31,39,43,45,60,63H,2-4,15-22,25,27-28H2,1H3,(H,61,68)(H,62,66,67)/t31-,39+,43+,45-,52-/m1/s1. The molecule has 5 aliphatic heterocycles. The highest BCUT2D eigenvalue weighted by Crippen LogP contribution is 2.63. The number of benzene rings is 3. The summed E-state index contributed by atoms with van der Waals surface area (Å²) in [5.41, 5.74) is 0.489. The van der Waals surface area contributed by atoms with Gasteiger partial charge in [0.15, 0.2) is 0 Å². The van der Waals surface area contributed by atoms with Crippen molar-refractivity contribution in [2.75, 3.05) is 37.4 Å². The van der Waals surface area contributed by atoms with Crippen molar-refractivity contribution < 1.29 is 46.3 Å². The van der Waals surface area contributed by atoms with Gasteiger partial charge in [-0.1, -0.05) is 60.9 Å². The summed E-state index contributed by atoms with van der Waals surface area (Å²) < 4.78 is 64.0. The first-order valence-corrected chi connectivity index (χ1v) is 24.5. The number of nitrogens with zero attached hydrogens (tertiary/aromatic N) is 3. The zero-order valence-corrected chi connectivity index (χ0v) is 39.5. The molecule has 368 valence electrons. The first-order valence-electron chi connectivity index (χ1n) is 24.2. The molecule has 13 nitrogen and oxygen atoms in total. The fourth-order valence-electron chi connectivity index (χ4n) is 12.9. The van der Waals surface area contributed by atoms with Crippen molar-refractivity contribution in [2.24, 2.45) is 11.3 Å². The Hall–Kier alpha value is -6.51. The lowest BCUT2D eigenvalue weighted by molar-refractivity contribution is -0.141. The van der Waals surface area contributed by atoms with Crippen LogP contribution in [-0.4, -0.2) is 88.7 Å². The largest absolute Gasteiger partial charge is 0.495 e. The predicted octanol–water partition coefficient (Wildman–Crippen LogP) is 7.72. The summed E-state index contributed by atoms with van der Waals surface area (Å²) in [7, 11) is 1.43. The third-order valence-electron chi connectivity index (χ3n) is 16.6. The highest BCUT2D eigenvalue weighted by molar-refractivity contribution is 6.30. The molecule has 7 aliphatic rings. The molecule has 3 spiro atoms. The second-order valence-corrected chi connectivity index (χ2v) is 20.5. The Morgan fingerprint density at radius 3 is 2.51 bits per heavy atom. The maximum atomic E-state index is 16.4. The van der Waals surface area contributed by atoms with Crippen LogP contribution < -0.4 is 26.0 Å². The zero-order valence-electron chi connectivity index (χ0n) is 38.7. The van der Waals surface area contributed by atoms with E-state index in [2.05, 4.69) is 38.1 Å². The lowest BCUT2D eigenvalue weighted by Crippen LogP contribution is -2.58. The van der Waals surface area contributed by atoms with Crippen LogP contribution >= 0.6 is 11.6 Å². The lowest BCUT2D eigenvalue weighted by Gasteiger charge is -2.48. The number of halogens is 5. The van der Waals surface area contributed by atoms with Crippen molar-refractivity contribution in [3.63, 3.8) is 0 Å². The fraction of sp³-hybridized carbons (Fsp3) is 0.434. The van der Waals surface area contributed by atoms with Crippen LogP contribution in [0.5, 0.6) is 5.75 Å². The number of amides is 5. The van der Waals surface area contributed by atoms with E-state index in [0.29, 0.717) is 42.6 Å². The molecule has 4 N–H and O–H groups in total. The van der Waals surface area contributed by atoms with Crippen LogP contribution in [0.1, 0.15) is 119 Å². The Morgan fingerprint density at radius 1 is 0.986 bits per heavy atom. The van der Waals surface area contributed by atoms with E-state index in [9.17, 15) is 37.1 Å². The molecule has 18 heteroatoms. The van der Waals surface area contributed by atoms with Crippen molar-refractivity contribution in [1.29, 1.82) is 0 Å². The maximum absolute atomic E-state index is 16.4. The van der Waals surface area contributed by atoms with E-state index in [4.69, 9.17) is 16.3 Å². The van der Waals surface area contributed by atoms with E-state index in [1.54, 1.807) is 47.4 Å². The summed E-state index contributed by atoms with van der Waals surface area (Å²) in [4.78, 5) is 73.8. The van der Waals surface area contributed by atoms with E-state index in [0.717, 1.165) is 55.7 Å². The minimum absolute atomic E-state index is 0.0315. The van der Waals surface area contributed by atoms with E-state index in [-0.39, 0.29) is 82.7 Å². The molecular formula is C53H50ClF4N7O6. The number of aromatic nitrogens is 1. The first-order chi connectivity index (χ1) is 34.1. The average molecular weight is 992 g/mol. The summed E-state index contributed by atoms with van der Waals surface area (Å²) in [6, 6.07) is 14.0. The fourth-order valence-corrected chi connectivity index (χ4v) is 13.0. The monoisotopic (exact) mass is 991 g/mol. The quantitative estimate of drug-likeness (QED) is 0.0862. The molecule has 0 bridgehead atoms. The minimum Gasteiger partial charge on any atom is -0.495 e. The molecule has 5 fully saturated rings. The van der Waals surface area contributed by atoms with Gasteiger partial charge in [-0.05, 0) is 97.5 Å². The van der Waals surface area contributed by atoms with Gasteiger partial charge >= 0.3 is 6.18 Å². The van der Waals surface area contributed by atoms with Gasteiger partial charge in [0.2, 0.25) is 17.7 Å². The Kier molecular flexibility index (Phi) is 11.5. The van der Waals surface area contributed by atoms with Gasteiger partial charge in [-0.25, -0.2) is 4.39 Å². The van der Waals surface area contributed by atoms with Gasteiger partial charge in [-0.15, -0.1) is 0 Å². The molecule has 2 aliphatic carbocycles. The number of rotatable bonds is 6. The number of fused-ring (bicyclic) bond motifs is 4. The normalized spacial score (nSPS) is 25.9. The third kappa shape index (κ3) is 7.71. The number of ether oxygens (including phenoxy) is 1. The molecule has 5 amide bonds. The molecule has 2 saturated carbocycles. The molecule has 71 heavy (non-hydrogen) atoms. The van der Waals surface area contributed by atoms with Gasteiger partial charge in [0.1, 0.15) is 23.3 Å². The smallest absolute Gasteiger partial charge is 0.433 e. The highest BCUT2D eigenvalue weighted by Gasteiger charge is 2.68. The van der Waals surface area contributed by atoms with Gasteiger partial charge < -0.3 is 25.2 Å². The van der Waals surface area contributed by atoms with Crippen molar-refractivity contribution >= 4 is 52.5 Å². The second kappa shape index (κ2) is 17.4. The predicted molar refractivity (Wildman–Crippen MR) is 253 cm³/mol. The lowest BCUT2D eigenvalue weighted by atomic mass is 9.56. The van der Waals surface area contributed by atoms with Crippen molar-refractivity contribution in [3.8, 4) is 17.6 Å². The summed E-state index contributed by atoms with van der Waals surface area (Å²) in [6.45, 7) is 1.39. The first kappa shape index (κ1) is 46.8. The number of carbonyl (C=O) groups is 5. The third-order valence-corrected chi connectivity index (χ3v) is 16.9. The Balaban J connectivity index is 0.795. The topological polar surface area (TPSA) is 162 Å². The summed E-state index contributed by atoms with van der Waals surface area (Å²) in [5.74, 6) is 3.69. The molecule has 3 saturated heterocycles. The van der Waals surface area contributed by atoms with Gasteiger partial charge in [-0.2, -0.15) is 13.2 Å². The number of imide groups is 1. The van der Waals surface area contributed by atoms with E-state index in [1.807, 2.05) is 6.07 Å². The number of piperidine rings is 2. The van der Waals surface area contributed by atoms with E-state index >= 15 is 4.39 Å². The molecule has 4 aromatic rings. The molecular weight excluding hydrogens is 942 g/mol. The number of hydrogen-bond donors (Lipinski definition) is 4. The van der Waals surface area contributed by atoms with Crippen LogP contribution in [0.3, 0.4) is 0 Å². The number of pyridine rings is 1. The Labute approximate surface area is 411 Å². The van der Waals surface area contributed by atoms with Crippen molar-refractivity contribution in [3.05, 3.63) is 117 Å². The molecule has 3 aromatic carbocycles. The molecule has 5 atom stereocenters. The number of hydrogen-bond acceptors (Lipinski definition) is 9. The van der Waals surface area contributed by atoms with Crippen LogP contribution in [0, 0.1) is 29.0 Å². The summed E-state index contributed by atoms with van der Waals surface area (Å²) in [6.07, 6.45) is 3.03. The second-order valence-electron chi connectivity index (χ2n) is 20.1. The SMILES string of the molecule is COc1cc(C(=O)N2CCC3(CC2)C[C@H]3C#Cc2cccc3c2CN([C@H]2CCC(=O)NC2=O)C3=O)ccc1NC(=O)[C@@H]1NC2(CCCCC2)[C@@]2(CNc3cc(C(F)(F)F)ncc32)[C@H]1c1cccc(Cl)c1F. The van der Waals surface area contributed by atoms with Crippen LogP contribution in [-0.2, 0) is 32.5 Å². The maximum Gasteiger partial charge on any atom is 0.433 e. The molecule has 0 radical (unpaired) electrons. The minimum atomic E-state index is -4.69. The number of nitrogens with one attached hydrogen (secondary N) is 4. The summed E-state index contributed by atoms with van der Waals surface area (Å²) in [5, 5.41) is 12.0. The molecule has 11 rings (SSSR count). The number of likely N-dealkylation sites (tertiary alicyclic amines) is 1. The molecule has 1 aromatic heterocycles. The van der Waals surface area contributed by atoms with Crippen LogP contribution in [0.25, 0.3) is 0 Å². The number of alkyl halides is 3. The van der Waals surface area contributed by atoms with E-state index < -0.39 is 58.5 Å². The highest BCUT2D eigenvalue weighted by atomic mass is 35.5. The van der Waals surface area contributed by atoms with Crippen LogP contribution in [0.4, 0.5) is 28.9 Å². The zero-order chi connectivity index (χ0) is 49.6. The van der Waals surface area contributed by atoms with E-state index in [1.165, 1.54) is 24.3 Å². The van der Waals surface area contributed by atoms with Crippen molar-refractivity contribution in [2.45, 2.75) is 106 Å².